The van der Waals surface area contributed by atoms with E-state index in [1.54, 1.807) is 16.2 Å². The zero-order valence-electron chi connectivity index (χ0n) is 15.5. The summed E-state index contributed by atoms with van der Waals surface area (Å²) in [7, 11) is 0. The number of carbonyl (C=O) groups is 2. The molecular weight excluding hydrogens is 360 g/mol. The van der Waals surface area contributed by atoms with Crippen LogP contribution in [-0.4, -0.2) is 47.9 Å². The molecule has 1 atom stereocenters. The second-order valence-electron chi connectivity index (χ2n) is 7.15. The van der Waals surface area contributed by atoms with Crippen LogP contribution >= 0.6 is 11.3 Å². The Kier molecular flexibility index (Phi) is 5.22. The number of aromatic nitrogens is 1. The van der Waals surface area contributed by atoms with Gasteiger partial charge in [0.25, 0.3) is 0 Å². The second-order valence-corrected chi connectivity index (χ2v) is 8.04. The highest BCUT2D eigenvalue weighted by Gasteiger charge is 2.30. The smallest absolute Gasteiger partial charge is 0.244 e. The van der Waals surface area contributed by atoms with E-state index >= 15 is 0 Å². The maximum Gasteiger partial charge on any atom is 0.244 e. The second kappa shape index (κ2) is 7.78. The summed E-state index contributed by atoms with van der Waals surface area (Å²) >= 11 is 1.73. The zero-order chi connectivity index (χ0) is 18.8. The average molecular weight is 385 g/mol. The first-order valence-corrected chi connectivity index (χ1v) is 10.4. The monoisotopic (exact) mass is 384 g/mol. The predicted molar refractivity (Wildman–Crippen MR) is 107 cm³/mol. The molecule has 1 N–H and O–H groups in total. The molecule has 0 spiro atoms. The van der Waals surface area contributed by atoms with Crippen LogP contribution in [0.2, 0.25) is 0 Å². The molecule has 6 nitrogen and oxygen atoms in total. The summed E-state index contributed by atoms with van der Waals surface area (Å²) in [5, 5.41) is 6.16. The number of likely N-dealkylation sites (tertiary alicyclic amines) is 1. The molecule has 142 valence electrons. The van der Waals surface area contributed by atoms with Gasteiger partial charge in [0, 0.05) is 17.8 Å². The van der Waals surface area contributed by atoms with Gasteiger partial charge in [0.2, 0.25) is 11.8 Å². The van der Waals surface area contributed by atoms with Gasteiger partial charge in [-0.25, -0.2) is 4.98 Å². The summed E-state index contributed by atoms with van der Waals surface area (Å²) < 4.78 is 0. The van der Waals surface area contributed by atoms with Gasteiger partial charge >= 0.3 is 0 Å². The van der Waals surface area contributed by atoms with Gasteiger partial charge in [0.1, 0.15) is 6.54 Å². The molecule has 0 bridgehead atoms. The maximum atomic E-state index is 13.0. The summed E-state index contributed by atoms with van der Waals surface area (Å²) in [5.74, 6) is 0.230. The van der Waals surface area contributed by atoms with Crippen LogP contribution in [0.3, 0.4) is 0 Å². The lowest BCUT2D eigenvalue weighted by Crippen LogP contribution is -2.48. The first-order valence-electron chi connectivity index (χ1n) is 9.50. The first kappa shape index (κ1) is 18.1. The number of hydrogen-bond acceptors (Lipinski definition) is 5. The van der Waals surface area contributed by atoms with E-state index in [0.717, 1.165) is 43.7 Å². The predicted octanol–water partition coefficient (Wildman–Crippen LogP) is 2.87. The average Bonchev–Trinajstić information content (AvgIpc) is 3.17. The van der Waals surface area contributed by atoms with E-state index in [-0.39, 0.29) is 18.4 Å². The molecule has 0 saturated carbocycles. The minimum Gasteiger partial charge on any atom is -0.323 e. The molecule has 1 aromatic heterocycles. The molecule has 2 aromatic rings. The molecule has 7 heteroatoms. The molecule has 2 amide bonds. The number of fused-ring (bicyclic) bond motifs is 1. The van der Waals surface area contributed by atoms with Crippen molar-refractivity contribution in [2.45, 2.75) is 32.1 Å². The Morgan fingerprint density at radius 3 is 3.04 bits per heavy atom. The Morgan fingerprint density at radius 2 is 2.22 bits per heavy atom. The van der Waals surface area contributed by atoms with E-state index in [4.69, 9.17) is 4.98 Å². The fourth-order valence-electron chi connectivity index (χ4n) is 3.81. The SMILES string of the molecule is CCc1csc(C2CCCN(CC(=O)N3CC(=O)Nc4ccccc43)C2)n1. The molecule has 2 aliphatic rings. The molecular formula is C20H24N4O2S. The molecule has 1 aromatic carbocycles. The Hall–Kier alpha value is -2.25. The van der Waals surface area contributed by atoms with Crippen LogP contribution in [0.1, 0.15) is 36.4 Å². The van der Waals surface area contributed by atoms with Gasteiger partial charge in [-0.1, -0.05) is 19.1 Å². The number of rotatable bonds is 4. The first-order chi connectivity index (χ1) is 13.1. The third-order valence-corrected chi connectivity index (χ3v) is 6.27. The fourth-order valence-corrected chi connectivity index (χ4v) is 4.84. The normalized spacial score (nSPS) is 20.3. The number of para-hydroxylation sites is 2. The van der Waals surface area contributed by atoms with E-state index in [0.29, 0.717) is 18.2 Å². The largest absolute Gasteiger partial charge is 0.323 e. The topological polar surface area (TPSA) is 65.5 Å². The minimum atomic E-state index is -0.145. The Labute approximate surface area is 163 Å². The van der Waals surface area contributed by atoms with Gasteiger partial charge in [-0.15, -0.1) is 11.3 Å². The molecule has 3 heterocycles. The summed E-state index contributed by atoms with van der Waals surface area (Å²) in [6.45, 7) is 4.31. The molecule has 2 aliphatic heterocycles. The van der Waals surface area contributed by atoms with E-state index in [1.807, 2.05) is 24.3 Å². The van der Waals surface area contributed by atoms with Crippen LogP contribution in [-0.2, 0) is 16.0 Å². The summed E-state index contributed by atoms with van der Waals surface area (Å²) in [6.07, 6.45) is 3.15. The molecule has 1 saturated heterocycles. The Bertz CT molecular complexity index is 850. The summed E-state index contributed by atoms with van der Waals surface area (Å²) in [5.41, 5.74) is 2.64. The number of nitrogens with one attached hydrogen (secondary N) is 1. The number of anilines is 2. The fraction of sp³-hybridized carbons (Fsp3) is 0.450. The van der Waals surface area contributed by atoms with Gasteiger partial charge in [0.15, 0.2) is 0 Å². The summed E-state index contributed by atoms with van der Waals surface area (Å²) in [4.78, 5) is 33.5. The van der Waals surface area contributed by atoms with E-state index in [1.165, 1.54) is 5.01 Å². The molecule has 27 heavy (non-hydrogen) atoms. The van der Waals surface area contributed by atoms with Crippen molar-refractivity contribution in [2.24, 2.45) is 0 Å². The van der Waals surface area contributed by atoms with Crippen molar-refractivity contribution < 1.29 is 9.59 Å². The molecule has 4 rings (SSSR count). The van der Waals surface area contributed by atoms with Crippen molar-refractivity contribution in [3.8, 4) is 0 Å². The van der Waals surface area contributed by atoms with Crippen molar-refractivity contribution in [1.29, 1.82) is 0 Å². The van der Waals surface area contributed by atoms with Crippen LogP contribution in [0.4, 0.5) is 11.4 Å². The van der Waals surface area contributed by atoms with E-state index in [9.17, 15) is 9.59 Å². The number of piperidine rings is 1. The highest BCUT2D eigenvalue weighted by atomic mass is 32.1. The van der Waals surface area contributed by atoms with E-state index in [2.05, 4.69) is 22.5 Å². The van der Waals surface area contributed by atoms with Crippen LogP contribution < -0.4 is 10.2 Å². The van der Waals surface area contributed by atoms with Gasteiger partial charge in [0.05, 0.1) is 28.6 Å². The molecule has 0 radical (unpaired) electrons. The number of benzene rings is 1. The number of hydrogen-bond donors (Lipinski definition) is 1. The molecule has 1 unspecified atom stereocenters. The lowest BCUT2D eigenvalue weighted by Gasteiger charge is -2.34. The lowest BCUT2D eigenvalue weighted by molar-refractivity contribution is -0.122. The highest BCUT2D eigenvalue weighted by molar-refractivity contribution is 7.09. The van der Waals surface area contributed by atoms with Crippen molar-refractivity contribution >= 4 is 34.5 Å². The van der Waals surface area contributed by atoms with Gasteiger partial charge in [-0.3, -0.25) is 19.4 Å². The molecule has 0 aliphatic carbocycles. The minimum absolute atomic E-state index is 0.0219. The number of thiazole rings is 1. The quantitative estimate of drug-likeness (QED) is 0.880. The maximum absolute atomic E-state index is 13.0. The summed E-state index contributed by atoms with van der Waals surface area (Å²) in [6, 6.07) is 7.47. The number of carbonyl (C=O) groups excluding carboxylic acids is 2. The zero-order valence-corrected chi connectivity index (χ0v) is 16.3. The number of aryl methyl sites for hydroxylation is 1. The van der Waals surface area contributed by atoms with Gasteiger partial charge < -0.3 is 5.32 Å². The Morgan fingerprint density at radius 1 is 1.37 bits per heavy atom. The molecule has 1 fully saturated rings. The highest BCUT2D eigenvalue weighted by Crippen LogP contribution is 2.31. The van der Waals surface area contributed by atoms with Crippen molar-refractivity contribution in [1.82, 2.24) is 9.88 Å². The van der Waals surface area contributed by atoms with Crippen LogP contribution in [0, 0.1) is 0 Å². The van der Waals surface area contributed by atoms with Crippen molar-refractivity contribution in [2.75, 3.05) is 36.4 Å². The third-order valence-electron chi connectivity index (χ3n) is 5.22. The number of nitrogens with zero attached hydrogens (tertiary/aromatic N) is 3. The number of amides is 2. The van der Waals surface area contributed by atoms with Gasteiger partial charge in [-0.05, 0) is 37.9 Å². The lowest BCUT2D eigenvalue weighted by atomic mass is 9.98. The van der Waals surface area contributed by atoms with Crippen molar-refractivity contribution in [3.05, 3.63) is 40.3 Å². The van der Waals surface area contributed by atoms with Gasteiger partial charge in [-0.2, -0.15) is 0 Å². The van der Waals surface area contributed by atoms with Crippen LogP contribution in [0.5, 0.6) is 0 Å². The van der Waals surface area contributed by atoms with Crippen LogP contribution in [0.15, 0.2) is 29.6 Å². The Balaban J connectivity index is 1.44. The third kappa shape index (κ3) is 3.89. The van der Waals surface area contributed by atoms with E-state index < -0.39 is 0 Å². The van der Waals surface area contributed by atoms with Crippen molar-refractivity contribution in [3.63, 3.8) is 0 Å². The standard InChI is InChI=1S/C20H24N4O2S/c1-2-15-13-27-20(21-15)14-6-5-9-23(10-14)12-19(26)24-11-18(25)22-16-7-3-4-8-17(16)24/h3-4,7-8,13-14H,2,5-6,9-12H2,1H3,(H,22,25). The van der Waals surface area contributed by atoms with Crippen LogP contribution in [0.25, 0.3) is 0 Å².